The van der Waals surface area contributed by atoms with Crippen molar-refractivity contribution in [2.24, 2.45) is 0 Å². The summed E-state index contributed by atoms with van der Waals surface area (Å²) < 4.78 is 6.39. The Morgan fingerprint density at radius 3 is 2.74 bits per heavy atom. The second kappa shape index (κ2) is 6.91. The van der Waals surface area contributed by atoms with Crippen LogP contribution in [-0.4, -0.2) is 31.3 Å². The Balaban J connectivity index is 2.75. The molecule has 0 radical (unpaired) electrons. The van der Waals surface area contributed by atoms with Gasteiger partial charge in [-0.25, -0.2) is 0 Å². The van der Waals surface area contributed by atoms with Crippen LogP contribution in [-0.2, 0) is 10.2 Å². The van der Waals surface area contributed by atoms with Crippen molar-refractivity contribution in [1.29, 1.82) is 0 Å². The fraction of sp³-hybridized carbons (Fsp3) is 0.500. The van der Waals surface area contributed by atoms with E-state index in [0.717, 1.165) is 15.8 Å². The molecule has 0 aliphatic rings. The molecule has 1 rings (SSSR count). The molecule has 106 valence electrons. The summed E-state index contributed by atoms with van der Waals surface area (Å²) in [7, 11) is 1.65. The van der Waals surface area contributed by atoms with E-state index in [-0.39, 0.29) is 11.8 Å². The smallest absolute Gasteiger partial charge is 0.304 e. The van der Waals surface area contributed by atoms with Crippen molar-refractivity contribution >= 4 is 21.9 Å². The van der Waals surface area contributed by atoms with Crippen LogP contribution >= 0.6 is 15.9 Å². The number of carboxylic acids is 1. The molecule has 0 aliphatic heterocycles. The highest BCUT2D eigenvalue weighted by atomic mass is 79.9. The van der Waals surface area contributed by atoms with Crippen LogP contribution in [0.25, 0.3) is 0 Å². The van der Waals surface area contributed by atoms with E-state index in [4.69, 9.17) is 9.84 Å². The van der Waals surface area contributed by atoms with Gasteiger partial charge in [-0.2, -0.15) is 0 Å². The highest BCUT2D eigenvalue weighted by molar-refractivity contribution is 9.10. The van der Waals surface area contributed by atoms with Crippen LogP contribution < -0.4 is 10.1 Å². The van der Waals surface area contributed by atoms with Gasteiger partial charge in [-0.05, 0) is 18.2 Å². The van der Waals surface area contributed by atoms with Crippen molar-refractivity contribution in [3.63, 3.8) is 0 Å². The Morgan fingerprint density at radius 1 is 1.47 bits per heavy atom. The highest BCUT2D eigenvalue weighted by Crippen LogP contribution is 2.33. The van der Waals surface area contributed by atoms with E-state index in [9.17, 15) is 4.79 Å². The molecule has 2 N–H and O–H groups in total. The van der Waals surface area contributed by atoms with Gasteiger partial charge in [0.15, 0.2) is 0 Å². The van der Waals surface area contributed by atoms with Crippen molar-refractivity contribution in [2.45, 2.75) is 25.7 Å². The Hall–Kier alpha value is -1.07. The molecule has 0 fully saturated rings. The number of hydrogen-bond acceptors (Lipinski definition) is 3. The summed E-state index contributed by atoms with van der Waals surface area (Å²) >= 11 is 3.47. The quantitative estimate of drug-likeness (QED) is 0.755. The van der Waals surface area contributed by atoms with Crippen LogP contribution in [0.3, 0.4) is 0 Å². The van der Waals surface area contributed by atoms with Gasteiger partial charge in [0.05, 0.1) is 13.5 Å². The van der Waals surface area contributed by atoms with Gasteiger partial charge in [-0.1, -0.05) is 29.8 Å². The lowest BCUT2D eigenvalue weighted by molar-refractivity contribution is -0.136. The Bertz CT molecular complexity index is 446. The molecule has 19 heavy (non-hydrogen) atoms. The number of ether oxygens (including phenoxy) is 1. The van der Waals surface area contributed by atoms with Crippen LogP contribution in [0.4, 0.5) is 0 Å². The van der Waals surface area contributed by atoms with Crippen molar-refractivity contribution in [2.75, 3.05) is 20.2 Å². The minimum Gasteiger partial charge on any atom is -0.496 e. The molecule has 1 aromatic carbocycles. The Kier molecular flexibility index (Phi) is 5.82. The normalized spacial score (nSPS) is 11.4. The van der Waals surface area contributed by atoms with Gasteiger partial charge >= 0.3 is 5.97 Å². The molecule has 0 aliphatic carbocycles. The molecule has 0 saturated heterocycles. The average Bonchev–Trinajstić information content (AvgIpc) is 2.34. The molecule has 0 atom stereocenters. The molecule has 0 spiro atoms. The van der Waals surface area contributed by atoms with E-state index < -0.39 is 5.97 Å². The number of benzene rings is 1. The van der Waals surface area contributed by atoms with Crippen LogP contribution in [0.1, 0.15) is 25.8 Å². The number of methoxy groups -OCH3 is 1. The third kappa shape index (κ3) is 4.84. The fourth-order valence-corrected chi connectivity index (χ4v) is 2.26. The molecule has 4 nitrogen and oxygen atoms in total. The van der Waals surface area contributed by atoms with E-state index in [1.54, 1.807) is 7.11 Å². The number of aliphatic carboxylic acids is 1. The summed E-state index contributed by atoms with van der Waals surface area (Å²) in [4.78, 5) is 10.5. The molecular formula is C14H20BrNO3. The zero-order valence-electron chi connectivity index (χ0n) is 11.5. The van der Waals surface area contributed by atoms with Crippen LogP contribution in [0.5, 0.6) is 5.75 Å². The maximum atomic E-state index is 10.5. The van der Waals surface area contributed by atoms with Gasteiger partial charge in [0.25, 0.3) is 0 Å². The summed E-state index contributed by atoms with van der Waals surface area (Å²) in [5.74, 6) is 0.0542. The zero-order valence-corrected chi connectivity index (χ0v) is 13.1. The lowest BCUT2D eigenvalue weighted by Crippen LogP contribution is -2.34. The number of rotatable bonds is 7. The van der Waals surface area contributed by atoms with Gasteiger partial charge in [0.1, 0.15) is 5.75 Å². The first kappa shape index (κ1) is 16.0. The van der Waals surface area contributed by atoms with Crippen molar-refractivity contribution in [3.05, 3.63) is 28.2 Å². The number of hydrogen-bond donors (Lipinski definition) is 2. The van der Waals surface area contributed by atoms with E-state index in [1.165, 1.54) is 0 Å². The van der Waals surface area contributed by atoms with Gasteiger partial charge < -0.3 is 15.2 Å². The molecule has 0 bridgehead atoms. The SMILES string of the molecule is COc1ccc(Br)cc1C(C)(C)CNCCC(=O)O. The zero-order chi connectivity index (χ0) is 14.5. The third-order valence-electron chi connectivity index (χ3n) is 2.97. The van der Waals surface area contributed by atoms with Crippen LogP contribution in [0.15, 0.2) is 22.7 Å². The van der Waals surface area contributed by atoms with Crippen molar-refractivity contribution < 1.29 is 14.6 Å². The first-order valence-corrected chi connectivity index (χ1v) is 6.92. The molecule has 1 aromatic rings. The number of carbonyl (C=O) groups is 1. The first-order valence-electron chi connectivity index (χ1n) is 6.13. The second-order valence-corrected chi connectivity index (χ2v) is 5.96. The summed E-state index contributed by atoms with van der Waals surface area (Å²) in [5.41, 5.74) is 0.945. The minimum atomic E-state index is -0.787. The van der Waals surface area contributed by atoms with E-state index in [1.807, 2.05) is 18.2 Å². The summed E-state index contributed by atoms with van der Waals surface area (Å²) in [6.07, 6.45) is 0.131. The molecule has 0 amide bonds. The van der Waals surface area contributed by atoms with Crippen molar-refractivity contribution in [1.82, 2.24) is 5.32 Å². The van der Waals surface area contributed by atoms with E-state index >= 15 is 0 Å². The highest BCUT2D eigenvalue weighted by Gasteiger charge is 2.24. The second-order valence-electron chi connectivity index (χ2n) is 5.05. The largest absolute Gasteiger partial charge is 0.496 e. The predicted molar refractivity (Wildman–Crippen MR) is 78.8 cm³/mol. The molecule has 0 unspecified atom stereocenters. The summed E-state index contributed by atoms with van der Waals surface area (Å²) in [5, 5.41) is 11.8. The molecular weight excluding hydrogens is 310 g/mol. The van der Waals surface area contributed by atoms with Crippen LogP contribution in [0, 0.1) is 0 Å². The molecule has 0 saturated carbocycles. The van der Waals surface area contributed by atoms with Crippen molar-refractivity contribution in [3.8, 4) is 5.75 Å². The molecule has 0 heterocycles. The maximum Gasteiger partial charge on any atom is 0.304 e. The van der Waals surface area contributed by atoms with Gasteiger partial charge in [-0.15, -0.1) is 0 Å². The van der Waals surface area contributed by atoms with E-state index in [2.05, 4.69) is 35.1 Å². The number of nitrogens with one attached hydrogen (secondary N) is 1. The maximum absolute atomic E-state index is 10.5. The van der Waals surface area contributed by atoms with Gasteiger partial charge in [0.2, 0.25) is 0 Å². The average molecular weight is 330 g/mol. The Labute approximate surface area is 122 Å². The third-order valence-corrected chi connectivity index (χ3v) is 3.47. The summed E-state index contributed by atoms with van der Waals surface area (Å²) in [6.45, 7) is 5.36. The number of halogens is 1. The molecule has 5 heteroatoms. The minimum absolute atomic E-state index is 0.131. The molecule has 0 aromatic heterocycles. The monoisotopic (exact) mass is 329 g/mol. The van der Waals surface area contributed by atoms with E-state index in [0.29, 0.717) is 13.1 Å². The summed E-state index contributed by atoms with van der Waals surface area (Å²) in [6, 6.07) is 5.91. The number of carboxylic acid groups (broad SMARTS) is 1. The first-order chi connectivity index (χ1) is 8.86. The topological polar surface area (TPSA) is 58.6 Å². The lowest BCUT2D eigenvalue weighted by atomic mass is 9.84. The van der Waals surface area contributed by atoms with Gasteiger partial charge in [0, 0.05) is 28.5 Å². The lowest BCUT2D eigenvalue weighted by Gasteiger charge is -2.27. The fourth-order valence-electron chi connectivity index (χ4n) is 1.90. The van der Waals surface area contributed by atoms with Crippen LogP contribution in [0.2, 0.25) is 0 Å². The standard InChI is InChI=1S/C14H20BrNO3/c1-14(2,9-16-7-6-13(17)18)11-8-10(15)4-5-12(11)19-3/h4-5,8,16H,6-7,9H2,1-3H3,(H,17,18). The Morgan fingerprint density at radius 2 is 2.16 bits per heavy atom. The van der Waals surface area contributed by atoms with Gasteiger partial charge in [-0.3, -0.25) is 4.79 Å². The predicted octanol–water partition coefficient (Wildman–Crippen LogP) is 2.80.